The average Bonchev–Trinajstić information content (AvgIpc) is 3.30. The van der Waals surface area contributed by atoms with Crippen LogP contribution in [-0.2, 0) is 5.41 Å². The van der Waals surface area contributed by atoms with Gasteiger partial charge in [0.1, 0.15) is 0 Å². The van der Waals surface area contributed by atoms with Crippen LogP contribution >= 0.6 is 0 Å². The molecule has 10 aromatic rings. The van der Waals surface area contributed by atoms with Crippen molar-refractivity contribution in [2.45, 2.75) is 40.0 Å². The van der Waals surface area contributed by atoms with E-state index < -0.39 is 0 Å². The Hall–Kier alpha value is -7.56. The van der Waals surface area contributed by atoms with Crippen LogP contribution in [-0.4, -0.2) is 9.97 Å². The minimum Gasteiger partial charge on any atom is -0.310 e. The second-order valence-corrected chi connectivity index (χ2v) is 17.4. The van der Waals surface area contributed by atoms with Gasteiger partial charge in [-0.2, -0.15) is 0 Å². The van der Waals surface area contributed by atoms with Gasteiger partial charge in [0.2, 0.25) is 0 Å². The fourth-order valence-electron chi connectivity index (χ4n) is 8.69. The van der Waals surface area contributed by atoms with E-state index in [4.69, 9.17) is 9.97 Å². The van der Waals surface area contributed by atoms with E-state index in [9.17, 15) is 0 Å². The number of aryl methyl sites for hydroxylation is 2. The number of hydrogen-bond donors (Lipinski definition) is 0. The van der Waals surface area contributed by atoms with Crippen molar-refractivity contribution in [1.29, 1.82) is 0 Å². The minimum absolute atomic E-state index is 0.00227. The molecule has 0 saturated heterocycles. The van der Waals surface area contributed by atoms with Gasteiger partial charge in [-0.15, -0.1) is 0 Å². The first-order valence-corrected chi connectivity index (χ1v) is 21.4. The molecule has 0 aliphatic rings. The highest BCUT2D eigenvalue weighted by Crippen LogP contribution is 2.50. The van der Waals surface area contributed by atoms with E-state index in [0.29, 0.717) is 0 Å². The van der Waals surface area contributed by atoms with Crippen LogP contribution in [0.1, 0.15) is 37.5 Å². The first-order chi connectivity index (χ1) is 30.2. The Morgan fingerprint density at radius 2 is 0.984 bits per heavy atom. The normalized spacial score (nSPS) is 11.6. The smallest absolute Gasteiger partial charge is 0.0703 e. The van der Waals surface area contributed by atoms with Crippen LogP contribution in [0.15, 0.2) is 200 Å². The summed E-state index contributed by atoms with van der Waals surface area (Å²) in [5, 5.41) is 5.95. The van der Waals surface area contributed by atoms with Crippen LogP contribution in [0.3, 0.4) is 0 Å². The number of para-hydroxylation sites is 1. The summed E-state index contributed by atoms with van der Waals surface area (Å²) >= 11 is 0. The summed E-state index contributed by atoms with van der Waals surface area (Å²) < 4.78 is 0. The summed E-state index contributed by atoms with van der Waals surface area (Å²) in [5.41, 5.74) is 14.9. The molecule has 0 fully saturated rings. The Morgan fingerprint density at radius 3 is 1.68 bits per heavy atom. The predicted octanol–water partition coefficient (Wildman–Crippen LogP) is 16.1. The van der Waals surface area contributed by atoms with E-state index in [1.807, 2.05) is 18.5 Å². The molecule has 0 spiro atoms. The SMILES string of the molecule is Cc1ccc(N(c2ccc(-c3ccccc3)nc2)c2cc(C)cc(N(c3ccc(C(C)(C)C)cc3)c3ccc4ccc5ccccc5c4c3)c2-c2cnc3ccccc3c2)cc1. The Balaban J connectivity index is 1.28. The highest BCUT2D eigenvalue weighted by molar-refractivity contribution is 6.09. The van der Waals surface area contributed by atoms with Crippen LogP contribution in [0, 0.1) is 13.8 Å². The Labute approximate surface area is 364 Å². The Kier molecular flexibility index (Phi) is 9.84. The van der Waals surface area contributed by atoms with E-state index in [0.717, 1.165) is 73.0 Å². The lowest BCUT2D eigenvalue weighted by Gasteiger charge is -2.34. The largest absolute Gasteiger partial charge is 0.310 e. The molecule has 10 rings (SSSR count). The molecule has 0 aliphatic carbocycles. The van der Waals surface area contributed by atoms with E-state index in [2.05, 4.69) is 226 Å². The number of rotatable bonds is 8. The molecule has 0 aliphatic heterocycles. The quantitative estimate of drug-likeness (QED) is 0.143. The molecule has 0 atom stereocenters. The number of anilines is 6. The monoisotopic (exact) mass is 800 g/mol. The molecule has 62 heavy (non-hydrogen) atoms. The van der Waals surface area contributed by atoms with Gasteiger partial charge >= 0.3 is 0 Å². The average molecular weight is 801 g/mol. The van der Waals surface area contributed by atoms with Crippen molar-refractivity contribution in [3.8, 4) is 22.4 Å². The van der Waals surface area contributed by atoms with Crippen LogP contribution in [0.5, 0.6) is 0 Å². The van der Waals surface area contributed by atoms with Crippen LogP contribution in [0.4, 0.5) is 34.1 Å². The summed E-state index contributed by atoms with van der Waals surface area (Å²) in [6, 6.07) is 68.0. The second-order valence-electron chi connectivity index (χ2n) is 17.4. The number of hydrogen-bond acceptors (Lipinski definition) is 4. The number of nitrogens with zero attached hydrogens (tertiary/aromatic N) is 4. The van der Waals surface area contributed by atoms with Gasteiger partial charge in [-0.3, -0.25) is 9.97 Å². The van der Waals surface area contributed by atoms with E-state index in [1.165, 1.54) is 32.7 Å². The molecule has 0 unspecified atom stereocenters. The second kappa shape index (κ2) is 15.8. The third-order valence-corrected chi connectivity index (χ3v) is 11.9. The first kappa shape index (κ1) is 38.6. The minimum atomic E-state index is 0.00227. The topological polar surface area (TPSA) is 32.3 Å². The van der Waals surface area contributed by atoms with Crippen molar-refractivity contribution in [2.24, 2.45) is 0 Å². The van der Waals surface area contributed by atoms with Gasteiger partial charge in [0, 0.05) is 45.3 Å². The van der Waals surface area contributed by atoms with Gasteiger partial charge in [-0.1, -0.05) is 142 Å². The van der Waals surface area contributed by atoms with Gasteiger partial charge in [-0.05, 0) is 125 Å². The standard InChI is InChI=1S/C58H48N4/c1-39-19-26-47(27-20-39)62(50-31-32-54(60-38-50)43-14-7-6-8-15-43)56-34-40(2)33-55(57(56)45-35-44-16-10-12-18-53(44)59-37-45)61(48-29-24-46(25-30-48)58(3,4)5)49-28-23-42-22-21-41-13-9-11-17-51(41)52(42)36-49/h6-38H,1-5H3. The zero-order valence-electron chi connectivity index (χ0n) is 35.8. The van der Waals surface area contributed by atoms with Crippen LogP contribution < -0.4 is 9.80 Å². The molecule has 4 nitrogen and oxygen atoms in total. The van der Waals surface area contributed by atoms with Crippen molar-refractivity contribution in [2.75, 3.05) is 9.80 Å². The van der Waals surface area contributed by atoms with Gasteiger partial charge in [0.15, 0.2) is 0 Å². The van der Waals surface area contributed by atoms with Gasteiger partial charge < -0.3 is 9.80 Å². The number of fused-ring (bicyclic) bond motifs is 4. The highest BCUT2D eigenvalue weighted by atomic mass is 15.2. The molecule has 8 aromatic carbocycles. The lowest BCUT2D eigenvalue weighted by atomic mass is 9.87. The van der Waals surface area contributed by atoms with Gasteiger partial charge in [-0.25, -0.2) is 0 Å². The predicted molar refractivity (Wildman–Crippen MR) is 263 cm³/mol. The van der Waals surface area contributed by atoms with Gasteiger partial charge in [0.25, 0.3) is 0 Å². The van der Waals surface area contributed by atoms with Crippen molar-refractivity contribution in [3.63, 3.8) is 0 Å². The summed E-state index contributed by atoms with van der Waals surface area (Å²) in [6.45, 7) is 11.2. The van der Waals surface area contributed by atoms with E-state index >= 15 is 0 Å². The number of aromatic nitrogens is 2. The summed E-state index contributed by atoms with van der Waals surface area (Å²) in [7, 11) is 0. The Bertz CT molecular complexity index is 3220. The molecular formula is C58H48N4. The van der Waals surface area contributed by atoms with Crippen molar-refractivity contribution >= 4 is 66.6 Å². The van der Waals surface area contributed by atoms with Crippen molar-refractivity contribution in [1.82, 2.24) is 9.97 Å². The molecule has 0 amide bonds. The maximum Gasteiger partial charge on any atom is 0.0703 e. The molecule has 4 heteroatoms. The highest BCUT2D eigenvalue weighted by Gasteiger charge is 2.27. The zero-order valence-corrected chi connectivity index (χ0v) is 35.8. The fraction of sp³-hybridized carbons (Fsp3) is 0.103. The maximum atomic E-state index is 5.09. The summed E-state index contributed by atoms with van der Waals surface area (Å²) in [4.78, 5) is 15.0. The third-order valence-electron chi connectivity index (χ3n) is 11.9. The number of benzene rings is 8. The first-order valence-electron chi connectivity index (χ1n) is 21.4. The molecule has 0 radical (unpaired) electrons. The third kappa shape index (κ3) is 7.35. The van der Waals surface area contributed by atoms with E-state index in [1.54, 1.807) is 0 Å². The molecular weight excluding hydrogens is 753 g/mol. The summed E-state index contributed by atoms with van der Waals surface area (Å²) in [5.74, 6) is 0. The van der Waals surface area contributed by atoms with Crippen LogP contribution in [0.2, 0.25) is 0 Å². The van der Waals surface area contributed by atoms with Crippen LogP contribution in [0.25, 0.3) is 54.8 Å². The fourth-order valence-corrected chi connectivity index (χ4v) is 8.69. The summed E-state index contributed by atoms with van der Waals surface area (Å²) in [6.07, 6.45) is 4.04. The molecule has 2 aromatic heterocycles. The molecule has 0 N–H and O–H groups in total. The Morgan fingerprint density at radius 1 is 0.403 bits per heavy atom. The maximum absolute atomic E-state index is 5.09. The zero-order chi connectivity index (χ0) is 42.4. The van der Waals surface area contributed by atoms with Crippen molar-refractivity contribution in [3.05, 3.63) is 217 Å². The van der Waals surface area contributed by atoms with Crippen molar-refractivity contribution < 1.29 is 0 Å². The molecule has 0 saturated carbocycles. The molecule has 300 valence electrons. The number of pyridine rings is 2. The molecule has 0 bridgehead atoms. The molecule has 2 heterocycles. The lowest BCUT2D eigenvalue weighted by Crippen LogP contribution is -2.17. The lowest BCUT2D eigenvalue weighted by molar-refractivity contribution is 0.590. The van der Waals surface area contributed by atoms with Gasteiger partial charge in [0.05, 0.1) is 34.5 Å². The van der Waals surface area contributed by atoms with E-state index in [-0.39, 0.29) is 5.41 Å².